The summed E-state index contributed by atoms with van der Waals surface area (Å²) in [5.41, 5.74) is -0.408. The Balaban J connectivity index is 1.90. The summed E-state index contributed by atoms with van der Waals surface area (Å²) >= 11 is 0. The van der Waals surface area contributed by atoms with Gasteiger partial charge < -0.3 is 14.9 Å². The van der Waals surface area contributed by atoms with Crippen LogP contribution in [0.1, 0.15) is 37.4 Å². The number of ketones is 2. The molecule has 0 aliphatic carbocycles. The number of halogens is 2. The fourth-order valence-electron chi connectivity index (χ4n) is 3.97. The molecule has 1 aliphatic rings. The van der Waals surface area contributed by atoms with Gasteiger partial charge in [0.1, 0.15) is 11.0 Å². The van der Waals surface area contributed by atoms with Gasteiger partial charge in [0.05, 0.1) is 6.61 Å². The van der Waals surface area contributed by atoms with Crippen LogP contribution in [0.2, 0.25) is 0 Å². The molecule has 3 aromatic rings. The quantitative estimate of drug-likeness (QED) is 0.335. The van der Waals surface area contributed by atoms with Gasteiger partial charge in [-0.3, -0.25) is 9.59 Å². The largest absolute Gasteiger partial charge is 0.394 e. The molecule has 2 N–H and O–H groups in total. The third-order valence-electron chi connectivity index (χ3n) is 5.80. The second kappa shape index (κ2) is 10.2. The average Bonchev–Trinajstić information content (AvgIpc) is 3.10. The number of hydrogen-bond donors (Lipinski definition) is 2. The molecule has 1 fully saturated rings. The summed E-state index contributed by atoms with van der Waals surface area (Å²) in [7, 11) is -5.29. The van der Waals surface area contributed by atoms with Crippen molar-refractivity contribution >= 4 is 21.7 Å². The lowest BCUT2D eigenvalue weighted by Crippen LogP contribution is -2.42. The van der Waals surface area contributed by atoms with Gasteiger partial charge in [0, 0.05) is 22.3 Å². The molecule has 1 unspecified atom stereocenters. The highest BCUT2D eigenvalue weighted by Gasteiger charge is 2.61. The van der Waals surface area contributed by atoms with Crippen LogP contribution < -0.4 is 0 Å². The highest BCUT2D eigenvalue weighted by molar-refractivity contribution is 7.87. The summed E-state index contributed by atoms with van der Waals surface area (Å²) in [5, 5.41) is 19.0. The standard InChI is InChI=1S/C26H22F2O8S/c1-15-12-18(21(30)16-8-4-2-5-9-16)23(19(13-15)22(31)17-10-6-3-7-11-17)37(33,34)36-25-26(27,28)24(32)20(14-29)35-25/h2-13,20,24-25,29,32H,14H2,1H3/t20-,24-,25?/m1/s1. The molecule has 0 amide bonds. The van der Waals surface area contributed by atoms with Crippen LogP contribution >= 0.6 is 0 Å². The van der Waals surface area contributed by atoms with E-state index in [0.29, 0.717) is 5.56 Å². The van der Waals surface area contributed by atoms with Gasteiger partial charge in [-0.2, -0.15) is 17.2 Å². The number of benzene rings is 3. The van der Waals surface area contributed by atoms with E-state index in [-0.39, 0.29) is 11.1 Å². The van der Waals surface area contributed by atoms with Crippen molar-refractivity contribution in [1.29, 1.82) is 0 Å². The van der Waals surface area contributed by atoms with E-state index in [9.17, 15) is 37.0 Å². The molecule has 3 atom stereocenters. The molecule has 0 spiro atoms. The molecule has 37 heavy (non-hydrogen) atoms. The van der Waals surface area contributed by atoms with Crippen molar-refractivity contribution in [2.24, 2.45) is 0 Å². The first-order valence-electron chi connectivity index (χ1n) is 11.1. The lowest BCUT2D eigenvalue weighted by molar-refractivity contribution is -0.183. The topological polar surface area (TPSA) is 127 Å². The SMILES string of the molecule is Cc1cc(C(=O)c2ccccc2)c(S(=O)(=O)OC2O[C@H](CO)[C@@H](O)C2(F)F)c(C(=O)c2ccccc2)c1. The van der Waals surface area contributed by atoms with Crippen molar-refractivity contribution in [2.45, 2.75) is 36.2 Å². The van der Waals surface area contributed by atoms with Gasteiger partial charge in [-0.25, -0.2) is 4.18 Å². The molecule has 1 saturated heterocycles. The number of carbonyl (C=O) groups is 2. The molecule has 11 heteroatoms. The summed E-state index contributed by atoms with van der Waals surface area (Å²) < 4.78 is 65.7. The smallest absolute Gasteiger partial charge is 0.326 e. The first-order valence-corrected chi connectivity index (χ1v) is 12.5. The van der Waals surface area contributed by atoms with Gasteiger partial charge in [-0.15, -0.1) is 0 Å². The Hall–Kier alpha value is -3.35. The minimum Gasteiger partial charge on any atom is -0.394 e. The summed E-state index contributed by atoms with van der Waals surface area (Å²) in [6.45, 7) is 0.508. The number of carbonyl (C=O) groups excluding carboxylic acids is 2. The first-order chi connectivity index (χ1) is 17.5. The van der Waals surface area contributed by atoms with Crippen molar-refractivity contribution in [3.63, 3.8) is 0 Å². The van der Waals surface area contributed by atoms with Crippen molar-refractivity contribution in [1.82, 2.24) is 0 Å². The Bertz CT molecular complexity index is 1350. The number of rotatable bonds is 8. The van der Waals surface area contributed by atoms with E-state index in [2.05, 4.69) is 0 Å². The minimum absolute atomic E-state index is 0.0841. The van der Waals surface area contributed by atoms with Gasteiger partial charge in [0.15, 0.2) is 17.7 Å². The number of aryl methyl sites for hydroxylation is 1. The number of aliphatic hydroxyl groups is 2. The fourth-order valence-corrected chi connectivity index (χ4v) is 5.32. The minimum atomic E-state index is -5.29. The summed E-state index contributed by atoms with van der Waals surface area (Å²) in [6.07, 6.45) is -7.18. The number of hydrogen-bond acceptors (Lipinski definition) is 8. The molecule has 0 radical (unpaired) electrons. The van der Waals surface area contributed by atoms with E-state index >= 15 is 0 Å². The van der Waals surface area contributed by atoms with Crippen LogP contribution in [0.15, 0.2) is 77.7 Å². The second-order valence-corrected chi connectivity index (χ2v) is 9.95. The van der Waals surface area contributed by atoms with E-state index in [0.717, 1.165) is 0 Å². The molecular weight excluding hydrogens is 510 g/mol. The zero-order valence-corrected chi connectivity index (χ0v) is 20.2. The molecule has 8 nitrogen and oxygen atoms in total. The summed E-state index contributed by atoms with van der Waals surface area (Å²) in [6, 6.07) is 17.6. The predicted octanol–water partition coefficient (Wildman–Crippen LogP) is 2.88. The van der Waals surface area contributed by atoms with E-state index < -0.39 is 68.7 Å². The van der Waals surface area contributed by atoms with Crippen LogP contribution in [0.25, 0.3) is 0 Å². The molecule has 1 heterocycles. The van der Waals surface area contributed by atoms with Crippen LogP contribution in [0.5, 0.6) is 0 Å². The van der Waals surface area contributed by atoms with Crippen LogP contribution in [-0.4, -0.2) is 61.2 Å². The van der Waals surface area contributed by atoms with Gasteiger partial charge in [-0.1, -0.05) is 60.7 Å². The Morgan fingerprint density at radius 2 is 1.41 bits per heavy atom. The maximum absolute atomic E-state index is 14.6. The zero-order valence-electron chi connectivity index (χ0n) is 19.4. The molecular formula is C26H22F2O8S. The van der Waals surface area contributed by atoms with Crippen molar-refractivity contribution in [3.05, 3.63) is 101 Å². The van der Waals surface area contributed by atoms with E-state index in [4.69, 9.17) is 8.92 Å². The molecule has 3 aromatic carbocycles. The Kier molecular flexibility index (Phi) is 7.36. The lowest BCUT2D eigenvalue weighted by atomic mass is 9.95. The van der Waals surface area contributed by atoms with Crippen molar-refractivity contribution in [3.8, 4) is 0 Å². The number of aliphatic hydroxyl groups excluding tert-OH is 2. The van der Waals surface area contributed by atoms with E-state index in [1.807, 2.05) is 0 Å². The predicted molar refractivity (Wildman–Crippen MR) is 126 cm³/mol. The number of alkyl halides is 2. The highest BCUT2D eigenvalue weighted by atomic mass is 32.2. The monoisotopic (exact) mass is 532 g/mol. The van der Waals surface area contributed by atoms with Gasteiger partial charge in [-0.05, 0) is 24.6 Å². The number of ether oxygens (including phenoxy) is 1. The third kappa shape index (κ3) is 5.09. The van der Waals surface area contributed by atoms with Crippen molar-refractivity contribution in [2.75, 3.05) is 6.61 Å². The van der Waals surface area contributed by atoms with Crippen LogP contribution in [0, 0.1) is 6.92 Å². The molecule has 4 rings (SSSR count). The molecule has 0 saturated carbocycles. The Labute approximate surface area is 211 Å². The first kappa shape index (κ1) is 26.7. The maximum Gasteiger partial charge on any atom is 0.326 e. The fraction of sp³-hybridized carbons (Fsp3) is 0.231. The summed E-state index contributed by atoms with van der Waals surface area (Å²) in [5.74, 6) is -5.81. The average molecular weight is 533 g/mol. The van der Waals surface area contributed by atoms with E-state index in [1.165, 1.54) is 43.3 Å². The molecule has 1 aliphatic heterocycles. The normalized spacial score (nSPS) is 21.1. The van der Waals surface area contributed by atoms with Crippen molar-refractivity contribution < 1.29 is 45.9 Å². The Morgan fingerprint density at radius 3 is 1.81 bits per heavy atom. The van der Waals surface area contributed by atoms with E-state index in [1.54, 1.807) is 36.4 Å². The molecule has 194 valence electrons. The van der Waals surface area contributed by atoms with Crippen LogP contribution in [-0.2, 0) is 19.0 Å². The second-order valence-electron chi connectivity index (χ2n) is 8.44. The van der Waals surface area contributed by atoms with Gasteiger partial charge in [0.2, 0.25) is 6.29 Å². The zero-order chi connectivity index (χ0) is 27.0. The van der Waals surface area contributed by atoms with Crippen LogP contribution in [0.4, 0.5) is 8.78 Å². The molecule has 0 aromatic heterocycles. The van der Waals surface area contributed by atoms with Crippen LogP contribution in [0.3, 0.4) is 0 Å². The lowest BCUT2D eigenvalue weighted by Gasteiger charge is -2.21. The molecule has 0 bridgehead atoms. The Morgan fingerprint density at radius 1 is 0.946 bits per heavy atom. The maximum atomic E-state index is 14.6. The van der Waals surface area contributed by atoms with Gasteiger partial charge >= 0.3 is 16.0 Å². The highest BCUT2D eigenvalue weighted by Crippen LogP contribution is 2.39. The third-order valence-corrected chi connectivity index (χ3v) is 7.17. The van der Waals surface area contributed by atoms with Gasteiger partial charge in [0.25, 0.3) is 0 Å². The summed E-state index contributed by atoms with van der Waals surface area (Å²) in [4.78, 5) is 25.9.